The van der Waals surface area contributed by atoms with Crippen molar-refractivity contribution in [3.63, 3.8) is 0 Å². The molecule has 0 bridgehead atoms. The van der Waals surface area contributed by atoms with E-state index < -0.39 is 0 Å². The average molecular weight is 244 g/mol. The molecule has 1 aromatic rings. The summed E-state index contributed by atoms with van der Waals surface area (Å²) in [5, 5.41) is 7.15. The molecule has 1 heterocycles. The summed E-state index contributed by atoms with van der Waals surface area (Å²) in [5.74, 6) is 0. The van der Waals surface area contributed by atoms with E-state index >= 15 is 0 Å². The first-order chi connectivity index (χ1) is 8.92. The molecular weight excluding hydrogens is 220 g/mol. The molecule has 2 nitrogen and oxygen atoms in total. The zero-order valence-electron chi connectivity index (χ0n) is 11.2. The van der Waals surface area contributed by atoms with Gasteiger partial charge in [0, 0.05) is 18.3 Å². The summed E-state index contributed by atoms with van der Waals surface area (Å²) in [6.07, 6.45) is 9.29. The quantitative estimate of drug-likeness (QED) is 0.778. The summed E-state index contributed by atoms with van der Waals surface area (Å²) < 4.78 is 0. The van der Waals surface area contributed by atoms with Crippen molar-refractivity contribution < 1.29 is 0 Å². The van der Waals surface area contributed by atoms with Crippen molar-refractivity contribution in [2.24, 2.45) is 0 Å². The van der Waals surface area contributed by atoms with Crippen LogP contribution in [0.4, 0.5) is 5.69 Å². The molecule has 0 radical (unpaired) electrons. The van der Waals surface area contributed by atoms with Gasteiger partial charge in [-0.25, -0.2) is 0 Å². The highest BCUT2D eigenvalue weighted by Gasteiger charge is 2.13. The maximum Gasteiger partial charge on any atom is 0.0376 e. The third kappa shape index (κ3) is 2.86. The van der Waals surface area contributed by atoms with E-state index in [-0.39, 0.29) is 0 Å². The lowest BCUT2D eigenvalue weighted by Gasteiger charge is -2.11. The molecule has 1 aromatic carbocycles. The van der Waals surface area contributed by atoms with E-state index in [4.69, 9.17) is 0 Å². The maximum atomic E-state index is 3.69. The molecule has 1 fully saturated rings. The fraction of sp³-hybridized carbons (Fsp3) is 0.625. The third-order valence-electron chi connectivity index (χ3n) is 4.31. The molecule has 0 atom stereocenters. The van der Waals surface area contributed by atoms with E-state index in [2.05, 4.69) is 28.8 Å². The van der Waals surface area contributed by atoms with Crippen molar-refractivity contribution in [1.29, 1.82) is 0 Å². The van der Waals surface area contributed by atoms with E-state index in [1.807, 2.05) is 0 Å². The van der Waals surface area contributed by atoms with Gasteiger partial charge in [0.15, 0.2) is 0 Å². The fourth-order valence-corrected chi connectivity index (χ4v) is 3.22. The summed E-state index contributed by atoms with van der Waals surface area (Å²) in [5.41, 5.74) is 4.34. The zero-order chi connectivity index (χ0) is 12.2. The normalized spacial score (nSPS) is 18.9. The predicted molar refractivity (Wildman–Crippen MR) is 77.2 cm³/mol. The van der Waals surface area contributed by atoms with Crippen LogP contribution in [0.5, 0.6) is 0 Å². The highest BCUT2D eigenvalue weighted by molar-refractivity contribution is 5.57. The fourth-order valence-electron chi connectivity index (χ4n) is 3.22. The highest BCUT2D eigenvalue weighted by Crippen LogP contribution is 2.23. The number of benzene rings is 1. The van der Waals surface area contributed by atoms with E-state index in [1.54, 1.807) is 0 Å². The molecular formula is C16H24N2. The molecule has 1 saturated carbocycles. The Morgan fingerprint density at radius 2 is 2.11 bits per heavy atom. The molecule has 1 aliphatic carbocycles. The minimum atomic E-state index is 0.812. The van der Waals surface area contributed by atoms with Gasteiger partial charge in [0.1, 0.15) is 0 Å². The van der Waals surface area contributed by atoms with Gasteiger partial charge in [0.2, 0.25) is 0 Å². The average Bonchev–Trinajstić information content (AvgIpc) is 3.05. The molecule has 0 amide bonds. The van der Waals surface area contributed by atoms with E-state index in [9.17, 15) is 0 Å². The number of anilines is 1. The van der Waals surface area contributed by atoms with Gasteiger partial charge in [0.05, 0.1) is 0 Å². The van der Waals surface area contributed by atoms with Crippen LogP contribution in [0.15, 0.2) is 18.2 Å². The van der Waals surface area contributed by atoms with Crippen LogP contribution in [0.25, 0.3) is 0 Å². The van der Waals surface area contributed by atoms with Crippen molar-refractivity contribution in [3.05, 3.63) is 29.3 Å². The SMILES string of the molecule is c1cc2c(cc1CCCNC1CCCC1)NCC2. The van der Waals surface area contributed by atoms with E-state index in [0.29, 0.717) is 0 Å². The Morgan fingerprint density at radius 1 is 1.22 bits per heavy atom. The highest BCUT2D eigenvalue weighted by atomic mass is 14.9. The Balaban J connectivity index is 1.42. The Morgan fingerprint density at radius 3 is 3.00 bits per heavy atom. The Labute approximate surface area is 110 Å². The van der Waals surface area contributed by atoms with Gasteiger partial charge in [-0.15, -0.1) is 0 Å². The van der Waals surface area contributed by atoms with Crippen LogP contribution in [-0.2, 0) is 12.8 Å². The van der Waals surface area contributed by atoms with Gasteiger partial charge >= 0.3 is 0 Å². The second-order valence-electron chi connectivity index (χ2n) is 5.71. The first-order valence-corrected chi connectivity index (χ1v) is 7.51. The molecule has 2 heteroatoms. The number of fused-ring (bicyclic) bond motifs is 1. The van der Waals surface area contributed by atoms with Crippen LogP contribution in [0.2, 0.25) is 0 Å². The van der Waals surface area contributed by atoms with Crippen LogP contribution in [0.1, 0.15) is 43.2 Å². The molecule has 0 spiro atoms. The lowest BCUT2D eigenvalue weighted by molar-refractivity contribution is 0.515. The summed E-state index contributed by atoms with van der Waals surface area (Å²) in [4.78, 5) is 0. The number of hydrogen-bond donors (Lipinski definition) is 2. The first-order valence-electron chi connectivity index (χ1n) is 7.51. The Kier molecular flexibility index (Phi) is 3.84. The summed E-state index contributed by atoms with van der Waals surface area (Å²) >= 11 is 0. The smallest absolute Gasteiger partial charge is 0.0376 e. The number of hydrogen-bond acceptors (Lipinski definition) is 2. The minimum Gasteiger partial charge on any atom is -0.384 e. The molecule has 3 rings (SSSR count). The van der Waals surface area contributed by atoms with E-state index in [0.717, 1.165) is 12.6 Å². The van der Waals surface area contributed by atoms with Gasteiger partial charge in [-0.1, -0.05) is 25.0 Å². The summed E-state index contributed by atoms with van der Waals surface area (Å²) in [6, 6.07) is 7.76. The number of aryl methyl sites for hydroxylation is 1. The van der Waals surface area contributed by atoms with Crippen LogP contribution < -0.4 is 10.6 Å². The molecule has 2 N–H and O–H groups in total. The number of rotatable bonds is 5. The van der Waals surface area contributed by atoms with Crippen LogP contribution in [0.3, 0.4) is 0 Å². The molecule has 0 unspecified atom stereocenters. The van der Waals surface area contributed by atoms with E-state index in [1.165, 1.54) is 68.3 Å². The lowest BCUT2D eigenvalue weighted by atomic mass is 10.1. The first kappa shape index (κ1) is 12.0. The van der Waals surface area contributed by atoms with Crippen LogP contribution in [-0.4, -0.2) is 19.1 Å². The maximum absolute atomic E-state index is 3.69. The van der Waals surface area contributed by atoms with Crippen molar-refractivity contribution in [3.8, 4) is 0 Å². The largest absolute Gasteiger partial charge is 0.384 e. The van der Waals surface area contributed by atoms with Gasteiger partial charge in [-0.2, -0.15) is 0 Å². The monoisotopic (exact) mass is 244 g/mol. The molecule has 0 aromatic heterocycles. The van der Waals surface area contributed by atoms with Gasteiger partial charge < -0.3 is 10.6 Å². The molecule has 1 aliphatic heterocycles. The topological polar surface area (TPSA) is 24.1 Å². The molecule has 98 valence electrons. The minimum absolute atomic E-state index is 0.812. The zero-order valence-corrected chi connectivity index (χ0v) is 11.2. The summed E-state index contributed by atoms with van der Waals surface area (Å²) in [6.45, 7) is 2.29. The van der Waals surface area contributed by atoms with Crippen molar-refractivity contribution in [2.75, 3.05) is 18.4 Å². The molecule has 2 aliphatic rings. The van der Waals surface area contributed by atoms with Crippen molar-refractivity contribution in [1.82, 2.24) is 5.32 Å². The van der Waals surface area contributed by atoms with Gasteiger partial charge in [-0.05, 0) is 55.8 Å². The van der Waals surface area contributed by atoms with Crippen molar-refractivity contribution >= 4 is 5.69 Å². The Hall–Kier alpha value is -1.02. The van der Waals surface area contributed by atoms with Gasteiger partial charge in [0.25, 0.3) is 0 Å². The van der Waals surface area contributed by atoms with Crippen molar-refractivity contribution in [2.45, 2.75) is 51.0 Å². The second-order valence-corrected chi connectivity index (χ2v) is 5.71. The lowest BCUT2D eigenvalue weighted by Crippen LogP contribution is -2.27. The van der Waals surface area contributed by atoms with Crippen LogP contribution in [0, 0.1) is 0 Å². The number of nitrogens with one attached hydrogen (secondary N) is 2. The van der Waals surface area contributed by atoms with Crippen LogP contribution >= 0.6 is 0 Å². The van der Waals surface area contributed by atoms with Gasteiger partial charge in [-0.3, -0.25) is 0 Å². The molecule has 0 saturated heterocycles. The summed E-state index contributed by atoms with van der Waals surface area (Å²) in [7, 11) is 0. The molecule has 18 heavy (non-hydrogen) atoms. The third-order valence-corrected chi connectivity index (χ3v) is 4.31. The second kappa shape index (κ2) is 5.75. The standard InChI is InChI=1S/C16H24N2/c1-2-6-15(5-1)17-10-3-4-13-7-8-14-9-11-18-16(14)12-13/h7-8,12,15,17-18H,1-6,9-11H2. The Bertz CT molecular complexity index is 394. The predicted octanol–water partition coefficient (Wildman–Crippen LogP) is 3.12.